The Hall–Kier alpha value is -1.62. The van der Waals surface area contributed by atoms with Gasteiger partial charge in [-0.1, -0.05) is 19.4 Å². The van der Waals surface area contributed by atoms with E-state index in [9.17, 15) is 9.18 Å². The molecule has 4 nitrogen and oxygen atoms in total. The minimum atomic E-state index is -0.411. The van der Waals surface area contributed by atoms with E-state index in [1.165, 1.54) is 12.1 Å². The maximum absolute atomic E-state index is 13.2. The lowest BCUT2D eigenvalue weighted by Gasteiger charge is -2.14. The first-order chi connectivity index (χ1) is 9.04. The van der Waals surface area contributed by atoms with E-state index < -0.39 is 5.82 Å². The second-order valence-electron chi connectivity index (χ2n) is 4.46. The summed E-state index contributed by atoms with van der Waals surface area (Å²) >= 11 is 0. The van der Waals surface area contributed by atoms with Crippen molar-refractivity contribution in [1.82, 2.24) is 5.32 Å². The van der Waals surface area contributed by atoms with E-state index in [4.69, 9.17) is 10.5 Å². The molecule has 0 aromatic heterocycles. The summed E-state index contributed by atoms with van der Waals surface area (Å²) < 4.78 is 18.5. The van der Waals surface area contributed by atoms with Crippen molar-refractivity contribution in [2.45, 2.75) is 32.7 Å². The van der Waals surface area contributed by atoms with Crippen molar-refractivity contribution in [2.75, 3.05) is 13.2 Å². The highest BCUT2D eigenvalue weighted by atomic mass is 19.1. The van der Waals surface area contributed by atoms with Crippen LogP contribution in [-0.2, 0) is 4.79 Å². The molecule has 1 aromatic carbocycles. The van der Waals surface area contributed by atoms with Crippen LogP contribution in [0.25, 0.3) is 0 Å². The van der Waals surface area contributed by atoms with Crippen LogP contribution in [0.5, 0.6) is 5.75 Å². The lowest BCUT2D eigenvalue weighted by Crippen LogP contribution is -2.29. The number of nitrogens with two attached hydrogens (primary N) is 1. The number of benzene rings is 1. The van der Waals surface area contributed by atoms with E-state index in [0.29, 0.717) is 17.9 Å². The normalized spacial score (nSPS) is 12.0. The molecule has 0 saturated heterocycles. The third-order valence-corrected chi connectivity index (χ3v) is 2.68. The van der Waals surface area contributed by atoms with Crippen molar-refractivity contribution in [3.05, 3.63) is 29.6 Å². The molecule has 0 aliphatic rings. The van der Waals surface area contributed by atoms with E-state index in [0.717, 1.165) is 12.8 Å². The minimum Gasteiger partial charge on any atom is -0.483 e. The lowest BCUT2D eigenvalue weighted by molar-refractivity contribution is -0.123. The zero-order valence-electron chi connectivity index (χ0n) is 11.4. The van der Waals surface area contributed by atoms with E-state index in [2.05, 4.69) is 5.32 Å². The Morgan fingerprint density at radius 3 is 2.89 bits per heavy atom. The number of rotatable bonds is 7. The number of halogens is 1. The predicted molar refractivity (Wildman–Crippen MR) is 72.4 cm³/mol. The van der Waals surface area contributed by atoms with Crippen molar-refractivity contribution in [2.24, 2.45) is 5.73 Å². The van der Waals surface area contributed by atoms with Gasteiger partial charge in [-0.25, -0.2) is 4.39 Å². The summed E-state index contributed by atoms with van der Waals surface area (Å²) in [5, 5.41) is 2.73. The van der Waals surface area contributed by atoms with E-state index >= 15 is 0 Å². The summed E-state index contributed by atoms with van der Waals surface area (Å²) in [4.78, 5) is 11.5. The Balaban J connectivity index is 2.56. The molecule has 0 bridgehead atoms. The number of hydrogen-bond acceptors (Lipinski definition) is 3. The van der Waals surface area contributed by atoms with Gasteiger partial charge in [0, 0.05) is 24.2 Å². The molecule has 0 saturated carbocycles. The van der Waals surface area contributed by atoms with Crippen LogP contribution >= 0.6 is 0 Å². The fourth-order valence-corrected chi connectivity index (χ4v) is 1.61. The zero-order chi connectivity index (χ0) is 14.3. The first kappa shape index (κ1) is 15.4. The molecule has 0 aliphatic heterocycles. The van der Waals surface area contributed by atoms with Gasteiger partial charge in [-0.2, -0.15) is 0 Å². The van der Waals surface area contributed by atoms with Crippen LogP contribution in [0.15, 0.2) is 18.2 Å². The average molecular weight is 268 g/mol. The molecule has 1 aromatic rings. The van der Waals surface area contributed by atoms with Gasteiger partial charge in [-0.15, -0.1) is 0 Å². The summed E-state index contributed by atoms with van der Waals surface area (Å²) in [7, 11) is 0. The van der Waals surface area contributed by atoms with Crippen LogP contribution < -0.4 is 15.8 Å². The van der Waals surface area contributed by atoms with Gasteiger partial charge in [0.15, 0.2) is 6.61 Å². The van der Waals surface area contributed by atoms with Gasteiger partial charge in [0.2, 0.25) is 0 Å². The molecule has 19 heavy (non-hydrogen) atoms. The van der Waals surface area contributed by atoms with Crippen molar-refractivity contribution in [1.29, 1.82) is 0 Å². The predicted octanol–water partition coefficient (Wildman–Crippen LogP) is 2.14. The average Bonchev–Trinajstić information content (AvgIpc) is 2.36. The molecule has 1 amide bonds. The van der Waals surface area contributed by atoms with Crippen LogP contribution in [-0.4, -0.2) is 19.1 Å². The summed E-state index contributed by atoms with van der Waals surface area (Å²) in [5.41, 5.74) is 6.45. The van der Waals surface area contributed by atoms with Crippen molar-refractivity contribution >= 4 is 5.91 Å². The number of amides is 1. The fourth-order valence-electron chi connectivity index (χ4n) is 1.61. The first-order valence-corrected chi connectivity index (χ1v) is 6.49. The molecular weight excluding hydrogens is 247 g/mol. The van der Waals surface area contributed by atoms with E-state index in [1.807, 2.05) is 6.92 Å². The molecule has 0 unspecified atom stereocenters. The van der Waals surface area contributed by atoms with Crippen LogP contribution in [0, 0.1) is 5.82 Å². The lowest BCUT2D eigenvalue weighted by atomic mass is 10.1. The van der Waals surface area contributed by atoms with E-state index in [-0.39, 0.29) is 18.6 Å². The van der Waals surface area contributed by atoms with Gasteiger partial charge in [-0.3, -0.25) is 4.79 Å². The highest BCUT2D eigenvalue weighted by molar-refractivity contribution is 5.77. The molecule has 1 rings (SSSR count). The molecule has 0 aliphatic carbocycles. The molecule has 5 heteroatoms. The smallest absolute Gasteiger partial charge is 0.257 e. The van der Waals surface area contributed by atoms with Crippen LogP contribution in [0.1, 0.15) is 38.3 Å². The van der Waals surface area contributed by atoms with E-state index in [1.54, 1.807) is 13.0 Å². The second kappa shape index (κ2) is 7.74. The maximum Gasteiger partial charge on any atom is 0.257 e. The largest absolute Gasteiger partial charge is 0.483 e. The van der Waals surface area contributed by atoms with Gasteiger partial charge in [0.05, 0.1) is 0 Å². The maximum atomic E-state index is 13.2. The molecule has 1 atom stereocenters. The topological polar surface area (TPSA) is 64.3 Å². The summed E-state index contributed by atoms with van der Waals surface area (Å²) in [5.74, 6) is -0.306. The molecule has 106 valence electrons. The highest BCUT2D eigenvalue weighted by Gasteiger charge is 2.11. The molecular formula is C14H21FN2O2. The number of nitrogens with one attached hydrogen (secondary N) is 1. The molecule has 3 N–H and O–H groups in total. The Labute approximate surface area is 113 Å². The number of hydrogen-bond donors (Lipinski definition) is 2. The summed E-state index contributed by atoms with van der Waals surface area (Å²) in [6.07, 6.45) is 1.94. The highest BCUT2D eigenvalue weighted by Crippen LogP contribution is 2.24. The monoisotopic (exact) mass is 268 g/mol. The Morgan fingerprint density at radius 1 is 1.53 bits per heavy atom. The quantitative estimate of drug-likeness (QED) is 0.745. The standard InChI is InChI=1S/C14H21FN2O2/c1-3-4-7-17-14(18)9-19-13-8-11(15)5-6-12(13)10(2)16/h5-6,8,10H,3-4,7,9,16H2,1-2H3,(H,17,18)/t10-/m0/s1. The van der Waals surface area contributed by atoms with Crippen molar-refractivity contribution < 1.29 is 13.9 Å². The van der Waals surface area contributed by atoms with Crippen molar-refractivity contribution in [3.8, 4) is 5.75 Å². The fraction of sp³-hybridized carbons (Fsp3) is 0.500. The first-order valence-electron chi connectivity index (χ1n) is 6.49. The molecule has 0 spiro atoms. The van der Waals surface area contributed by atoms with Gasteiger partial charge < -0.3 is 15.8 Å². The van der Waals surface area contributed by atoms with Gasteiger partial charge in [0.1, 0.15) is 11.6 Å². The van der Waals surface area contributed by atoms with Gasteiger partial charge in [0.25, 0.3) is 5.91 Å². The molecule has 0 radical (unpaired) electrons. The second-order valence-corrected chi connectivity index (χ2v) is 4.46. The number of ether oxygens (including phenoxy) is 1. The number of carbonyl (C=O) groups is 1. The molecule has 0 fully saturated rings. The summed E-state index contributed by atoms with van der Waals surface area (Å²) in [6, 6.07) is 3.87. The van der Waals surface area contributed by atoms with Gasteiger partial charge in [-0.05, 0) is 19.4 Å². The molecule has 0 heterocycles. The Kier molecular flexibility index (Phi) is 6.29. The number of carbonyl (C=O) groups excluding carboxylic acids is 1. The van der Waals surface area contributed by atoms with Crippen LogP contribution in [0.2, 0.25) is 0 Å². The summed E-state index contributed by atoms with van der Waals surface area (Å²) in [6.45, 7) is 4.32. The Morgan fingerprint density at radius 2 is 2.26 bits per heavy atom. The van der Waals surface area contributed by atoms with Gasteiger partial charge >= 0.3 is 0 Å². The third kappa shape index (κ3) is 5.26. The van der Waals surface area contributed by atoms with Crippen molar-refractivity contribution in [3.63, 3.8) is 0 Å². The Bertz CT molecular complexity index is 422. The zero-order valence-corrected chi connectivity index (χ0v) is 11.4. The van der Waals surface area contributed by atoms with Crippen LogP contribution in [0.4, 0.5) is 4.39 Å². The third-order valence-electron chi connectivity index (χ3n) is 2.68. The van der Waals surface area contributed by atoms with Crippen LogP contribution in [0.3, 0.4) is 0 Å². The number of unbranched alkanes of at least 4 members (excludes halogenated alkanes) is 1. The minimum absolute atomic E-state index is 0.132. The SMILES string of the molecule is CCCCNC(=O)COc1cc(F)ccc1[C@H](C)N.